The van der Waals surface area contributed by atoms with Crippen molar-refractivity contribution in [2.45, 2.75) is 13.8 Å². The molecule has 0 aliphatic heterocycles. The molecule has 1 aromatic carbocycles. The molecule has 0 saturated carbocycles. The third kappa shape index (κ3) is 2.20. The predicted molar refractivity (Wildman–Crippen MR) is 85.3 cm³/mol. The molecule has 2 aromatic heterocycles. The first-order chi connectivity index (χ1) is 10.5. The van der Waals surface area contributed by atoms with Crippen LogP contribution >= 0.6 is 0 Å². The Balaban J connectivity index is 2.22. The molecule has 0 fully saturated rings. The van der Waals surface area contributed by atoms with E-state index in [1.165, 1.54) is 5.56 Å². The summed E-state index contributed by atoms with van der Waals surface area (Å²) in [6, 6.07) is 8.25. The molecule has 0 aliphatic carbocycles. The van der Waals surface area contributed by atoms with E-state index >= 15 is 0 Å². The summed E-state index contributed by atoms with van der Waals surface area (Å²) in [7, 11) is 1.83. The fourth-order valence-corrected chi connectivity index (χ4v) is 2.60. The number of benzene rings is 1. The van der Waals surface area contributed by atoms with Gasteiger partial charge in [0, 0.05) is 24.7 Å². The van der Waals surface area contributed by atoms with Gasteiger partial charge in [-0.05, 0) is 32.0 Å². The highest BCUT2D eigenvalue weighted by Gasteiger charge is 2.19. The molecule has 3 rings (SSSR count). The van der Waals surface area contributed by atoms with Crippen LogP contribution in [0, 0.1) is 13.8 Å². The minimum Gasteiger partial charge on any atom is -0.417 e. The number of hydrogen-bond acceptors (Lipinski definition) is 3. The van der Waals surface area contributed by atoms with Crippen molar-refractivity contribution in [1.82, 2.24) is 14.3 Å². The summed E-state index contributed by atoms with van der Waals surface area (Å²) in [5.41, 5.74) is 2.89. The van der Waals surface area contributed by atoms with Crippen molar-refractivity contribution >= 4 is 16.9 Å². The van der Waals surface area contributed by atoms with Crippen molar-refractivity contribution in [3.05, 3.63) is 54.4 Å². The van der Waals surface area contributed by atoms with Crippen LogP contribution in [0.15, 0.2) is 43.1 Å². The van der Waals surface area contributed by atoms with Crippen LogP contribution < -0.4 is 4.74 Å². The van der Waals surface area contributed by atoms with E-state index in [9.17, 15) is 4.79 Å². The summed E-state index contributed by atoms with van der Waals surface area (Å²) >= 11 is 0. The average Bonchev–Trinajstić information content (AvgIpc) is 2.99. The summed E-state index contributed by atoms with van der Waals surface area (Å²) < 4.78 is 9.06. The number of rotatable bonds is 3. The van der Waals surface area contributed by atoms with Gasteiger partial charge in [0.05, 0.1) is 5.52 Å². The van der Waals surface area contributed by atoms with Gasteiger partial charge >= 0.3 is 5.97 Å². The maximum atomic E-state index is 11.6. The van der Waals surface area contributed by atoms with Crippen LogP contribution in [0.2, 0.25) is 0 Å². The Bertz CT molecular complexity index is 887. The summed E-state index contributed by atoms with van der Waals surface area (Å²) in [5, 5.41) is 5.49. The molecule has 0 amide bonds. The van der Waals surface area contributed by atoms with E-state index in [4.69, 9.17) is 4.74 Å². The molecule has 0 spiro atoms. The monoisotopic (exact) mass is 295 g/mol. The number of ether oxygens (including phenoxy) is 1. The van der Waals surface area contributed by atoms with Crippen LogP contribution in [0.1, 0.15) is 11.3 Å². The van der Waals surface area contributed by atoms with Crippen LogP contribution in [-0.2, 0) is 11.8 Å². The van der Waals surface area contributed by atoms with Crippen molar-refractivity contribution < 1.29 is 9.53 Å². The lowest BCUT2D eigenvalue weighted by atomic mass is 10.2. The largest absolute Gasteiger partial charge is 0.417 e. The smallest absolute Gasteiger partial charge is 0.335 e. The molecule has 3 aromatic rings. The summed E-state index contributed by atoms with van der Waals surface area (Å²) in [6.45, 7) is 7.31. The van der Waals surface area contributed by atoms with Crippen LogP contribution in [0.25, 0.3) is 16.7 Å². The molecular weight excluding hydrogens is 278 g/mol. The van der Waals surface area contributed by atoms with Gasteiger partial charge in [-0.2, -0.15) is 5.10 Å². The molecule has 0 saturated heterocycles. The number of carbonyl (C=O) groups is 1. The first kappa shape index (κ1) is 14.1. The van der Waals surface area contributed by atoms with Gasteiger partial charge in [0.1, 0.15) is 5.69 Å². The quantitative estimate of drug-likeness (QED) is 0.551. The van der Waals surface area contributed by atoms with Gasteiger partial charge in [-0.3, -0.25) is 4.57 Å². The number of hydrogen-bond donors (Lipinski definition) is 0. The van der Waals surface area contributed by atoms with Gasteiger partial charge in [0.2, 0.25) is 0 Å². The number of aromatic nitrogens is 3. The lowest BCUT2D eigenvalue weighted by Gasteiger charge is -2.09. The summed E-state index contributed by atoms with van der Waals surface area (Å²) in [4.78, 5) is 11.6. The third-order valence-electron chi connectivity index (χ3n) is 3.58. The SMILES string of the molecule is C=CC(=O)Oc1c(C)nn(C)c1-n1ccc2cc(C)ccc21. The van der Waals surface area contributed by atoms with Crippen LogP contribution in [0.3, 0.4) is 0 Å². The molecule has 2 heterocycles. The molecule has 0 unspecified atom stereocenters. The van der Waals surface area contributed by atoms with Gasteiger partial charge in [0.15, 0.2) is 11.6 Å². The van der Waals surface area contributed by atoms with Crippen molar-refractivity contribution in [3.63, 3.8) is 0 Å². The van der Waals surface area contributed by atoms with Crippen molar-refractivity contribution in [2.75, 3.05) is 0 Å². The van der Waals surface area contributed by atoms with Gasteiger partial charge in [-0.1, -0.05) is 18.2 Å². The number of esters is 1. The van der Waals surface area contributed by atoms with Crippen molar-refractivity contribution in [3.8, 4) is 11.6 Å². The van der Waals surface area contributed by atoms with Gasteiger partial charge < -0.3 is 4.74 Å². The molecule has 0 N–H and O–H groups in total. The second kappa shape index (κ2) is 5.18. The number of aryl methyl sites for hydroxylation is 3. The van der Waals surface area contributed by atoms with Crippen molar-refractivity contribution in [1.29, 1.82) is 0 Å². The minimum atomic E-state index is -0.496. The zero-order valence-electron chi connectivity index (χ0n) is 12.8. The van der Waals surface area contributed by atoms with E-state index in [0.29, 0.717) is 17.3 Å². The first-order valence-electron chi connectivity index (χ1n) is 6.97. The standard InChI is InChI=1S/C17H17N3O2/c1-5-15(21)22-16-12(3)18-19(4)17(16)20-9-8-13-10-11(2)6-7-14(13)20/h5-10H,1H2,2-4H3. The Kier molecular flexibility index (Phi) is 3.33. The van der Waals surface area contributed by atoms with E-state index in [1.807, 2.05) is 36.9 Å². The fraction of sp³-hybridized carbons (Fsp3) is 0.176. The fourth-order valence-electron chi connectivity index (χ4n) is 2.60. The number of nitrogens with zero attached hydrogens (tertiary/aromatic N) is 3. The molecule has 0 aliphatic rings. The molecule has 22 heavy (non-hydrogen) atoms. The summed E-state index contributed by atoms with van der Waals surface area (Å²) in [6.07, 6.45) is 3.10. The molecule has 0 bridgehead atoms. The Morgan fingerprint density at radius 1 is 1.32 bits per heavy atom. The molecule has 0 radical (unpaired) electrons. The first-order valence-corrected chi connectivity index (χ1v) is 6.97. The maximum absolute atomic E-state index is 11.6. The second-order valence-electron chi connectivity index (χ2n) is 5.23. The highest BCUT2D eigenvalue weighted by Crippen LogP contribution is 2.30. The van der Waals surface area contributed by atoms with Crippen LogP contribution in [-0.4, -0.2) is 20.3 Å². The van der Waals surface area contributed by atoms with Crippen LogP contribution in [0.5, 0.6) is 5.75 Å². The Morgan fingerprint density at radius 2 is 2.09 bits per heavy atom. The molecule has 5 nitrogen and oxygen atoms in total. The Labute approximate surface area is 128 Å². The molecular formula is C17H17N3O2. The van der Waals surface area contributed by atoms with E-state index < -0.39 is 5.97 Å². The maximum Gasteiger partial charge on any atom is 0.335 e. The van der Waals surface area contributed by atoms with Gasteiger partial charge in [-0.15, -0.1) is 0 Å². The van der Waals surface area contributed by atoms with E-state index in [2.05, 4.69) is 30.7 Å². The normalized spacial score (nSPS) is 10.9. The molecule has 5 heteroatoms. The summed E-state index contributed by atoms with van der Waals surface area (Å²) in [5.74, 6) is 0.668. The van der Waals surface area contributed by atoms with Crippen LogP contribution in [0.4, 0.5) is 0 Å². The average molecular weight is 295 g/mol. The molecule has 112 valence electrons. The van der Waals surface area contributed by atoms with E-state index in [1.54, 1.807) is 4.68 Å². The highest BCUT2D eigenvalue weighted by atomic mass is 16.5. The zero-order valence-corrected chi connectivity index (χ0v) is 12.8. The van der Waals surface area contributed by atoms with Gasteiger partial charge in [-0.25, -0.2) is 9.48 Å². The van der Waals surface area contributed by atoms with E-state index in [-0.39, 0.29) is 0 Å². The minimum absolute atomic E-state index is 0.450. The van der Waals surface area contributed by atoms with Crippen molar-refractivity contribution in [2.24, 2.45) is 7.05 Å². The lowest BCUT2D eigenvalue weighted by Crippen LogP contribution is -2.08. The van der Waals surface area contributed by atoms with Gasteiger partial charge in [0.25, 0.3) is 0 Å². The zero-order chi connectivity index (χ0) is 15.9. The topological polar surface area (TPSA) is 49.0 Å². The third-order valence-corrected chi connectivity index (χ3v) is 3.58. The lowest BCUT2D eigenvalue weighted by molar-refractivity contribution is -0.129. The predicted octanol–water partition coefficient (Wildman–Crippen LogP) is 3.07. The molecule has 0 atom stereocenters. The number of fused-ring (bicyclic) bond motifs is 1. The number of carbonyl (C=O) groups excluding carboxylic acids is 1. The Hall–Kier alpha value is -2.82. The highest BCUT2D eigenvalue weighted by molar-refractivity contribution is 5.85. The second-order valence-corrected chi connectivity index (χ2v) is 5.23. The Morgan fingerprint density at radius 3 is 2.82 bits per heavy atom. The van der Waals surface area contributed by atoms with E-state index in [0.717, 1.165) is 17.0 Å².